The van der Waals surface area contributed by atoms with E-state index in [1.807, 2.05) is 0 Å². The van der Waals surface area contributed by atoms with Crippen molar-refractivity contribution in [3.63, 3.8) is 0 Å². The van der Waals surface area contributed by atoms with Crippen LogP contribution in [0.25, 0.3) is 0 Å². The lowest BCUT2D eigenvalue weighted by Gasteiger charge is -2.01. The van der Waals surface area contributed by atoms with Gasteiger partial charge in [0.15, 0.2) is 0 Å². The molecule has 0 amide bonds. The molecule has 0 aliphatic carbocycles. The number of ether oxygens (including phenoxy) is 1. The molecule has 0 aromatic heterocycles. The molecule has 0 spiro atoms. The third-order valence-electron chi connectivity index (χ3n) is 2.21. The van der Waals surface area contributed by atoms with Crippen LogP contribution >= 0.6 is 0 Å². The molecule has 0 heterocycles. The summed E-state index contributed by atoms with van der Waals surface area (Å²) in [6, 6.07) is 10.5. The summed E-state index contributed by atoms with van der Waals surface area (Å²) < 4.78 is 5.47. The molecule has 0 aliphatic rings. The second-order valence-corrected chi connectivity index (χ2v) is 3.54. The number of hydrogen-bond acceptors (Lipinski definition) is 1. The second kappa shape index (κ2) is 8.25. The van der Waals surface area contributed by atoms with Crippen molar-refractivity contribution in [2.45, 2.75) is 26.2 Å². The van der Waals surface area contributed by atoms with E-state index in [4.69, 9.17) is 4.74 Å². The van der Waals surface area contributed by atoms with Crippen LogP contribution in [0, 0.1) is 0 Å². The summed E-state index contributed by atoms with van der Waals surface area (Å²) in [4.78, 5) is 0. The Morgan fingerprint density at radius 3 is 2.67 bits per heavy atom. The van der Waals surface area contributed by atoms with Gasteiger partial charge in [-0.2, -0.15) is 0 Å². The predicted octanol–water partition coefficient (Wildman–Crippen LogP) is 3.60. The largest absolute Gasteiger partial charge is 0.377 e. The fraction of sp³-hybridized carbons (Fsp3) is 0.429. The summed E-state index contributed by atoms with van der Waals surface area (Å²) in [6.45, 7) is 3.73. The summed E-state index contributed by atoms with van der Waals surface area (Å²) in [5.74, 6) is 0. The van der Waals surface area contributed by atoms with E-state index in [0.717, 1.165) is 32.5 Å². The molecule has 0 saturated carbocycles. The van der Waals surface area contributed by atoms with Crippen molar-refractivity contribution >= 4 is 0 Å². The standard InChI is InChI=1S/C14H20O/c1-2-3-7-12-15-13-8-11-14-9-5-4-6-10-14/h3-7,9-10H,2,8,11-13H2,1H3/b7-3+. The molecule has 0 aliphatic heterocycles. The minimum Gasteiger partial charge on any atom is -0.377 e. The summed E-state index contributed by atoms with van der Waals surface area (Å²) in [5.41, 5.74) is 1.39. The van der Waals surface area contributed by atoms with Gasteiger partial charge in [0.2, 0.25) is 0 Å². The van der Waals surface area contributed by atoms with Gasteiger partial charge < -0.3 is 4.74 Å². The lowest BCUT2D eigenvalue weighted by Crippen LogP contribution is -1.96. The average Bonchev–Trinajstić information content (AvgIpc) is 2.29. The van der Waals surface area contributed by atoms with Gasteiger partial charge in [-0.25, -0.2) is 0 Å². The lowest BCUT2D eigenvalue weighted by atomic mass is 10.1. The fourth-order valence-corrected chi connectivity index (χ4v) is 1.41. The Bertz CT molecular complexity index is 264. The van der Waals surface area contributed by atoms with Crippen LogP contribution in [0.5, 0.6) is 0 Å². The topological polar surface area (TPSA) is 9.23 Å². The molecular weight excluding hydrogens is 184 g/mol. The van der Waals surface area contributed by atoms with Crippen molar-refractivity contribution in [3.05, 3.63) is 48.0 Å². The Morgan fingerprint density at radius 2 is 1.93 bits per heavy atom. The Morgan fingerprint density at radius 1 is 1.13 bits per heavy atom. The van der Waals surface area contributed by atoms with Gasteiger partial charge in [-0.15, -0.1) is 0 Å². The van der Waals surface area contributed by atoms with Crippen LogP contribution in [0.3, 0.4) is 0 Å². The van der Waals surface area contributed by atoms with Crippen LogP contribution in [-0.2, 0) is 11.2 Å². The molecule has 82 valence electrons. The van der Waals surface area contributed by atoms with Gasteiger partial charge in [0.05, 0.1) is 6.61 Å². The molecule has 1 aromatic rings. The summed E-state index contributed by atoms with van der Waals surface area (Å²) in [6.07, 6.45) is 7.52. The average molecular weight is 204 g/mol. The van der Waals surface area contributed by atoms with Crippen LogP contribution in [0.1, 0.15) is 25.3 Å². The molecule has 0 N–H and O–H groups in total. The van der Waals surface area contributed by atoms with Crippen LogP contribution in [0.4, 0.5) is 0 Å². The number of allylic oxidation sites excluding steroid dienone is 1. The normalized spacial score (nSPS) is 11.0. The Hall–Kier alpha value is -1.08. The zero-order valence-corrected chi connectivity index (χ0v) is 9.49. The summed E-state index contributed by atoms with van der Waals surface area (Å²) >= 11 is 0. The monoisotopic (exact) mass is 204 g/mol. The van der Waals surface area contributed by atoms with E-state index in [9.17, 15) is 0 Å². The maximum absolute atomic E-state index is 5.47. The third-order valence-corrected chi connectivity index (χ3v) is 2.21. The number of hydrogen-bond donors (Lipinski definition) is 0. The van der Waals surface area contributed by atoms with E-state index in [0.29, 0.717) is 0 Å². The minimum absolute atomic E-state index is 0.753. The van der Waals surface area contributed by atoms with Crippen molar-refractivity contribution in [1.82, 2.24) is 0 Å². The molecule has 0 radical (unpaired) electrons. The zero-order chi connectivity index (χ0) is 10.8. The first-order chi connectivity index (χ1) is 7.43. The molecule has 0 bridgehead atoms. The molecule has 15 heavy (non-hydrogen) atoms. The minimum atomic E-state index is 0.753. The van der Waals surface area contributed by atoms with Crippen molar-refractivity contribution in [1.29, 1.82) is 0 Å². The number of aryl methyl sites for hydroxylation is 1. The highest BCUT2D eigenvalue weighted by atomic mass is 16.5. The Balaban J connectivity index is 2.00. The number of rotatable bonds is 7. The molecule has 0 unspecified atom stereocenters. The predicted molar refractivity (Wildman–Crippen MR) is 65.0 cm³/mol. The second-order valence-electron chi connectivity index (χ2n) is 3.54. The molecule has 0 saturated heterocycles. The van der Waals surface area contributed by atoms with E-state index in [2.05, 4.69) is 49.4 Å². The first-order valence-corrected chi connectivity index (χ1v) is 5.70. The van der Waals surface area contributed by atoms with Gasteiger partial charge in [-0.05, 0) is 24.8 Å². The lowest BCUT2D eigenvalue weighted by molar-refractivity contribution is 0.159. The van der Waals surface area contributed by atoms with E-state index in [1.54, 1.807) is 0 Å². The molecule has 1 nitrogen and oxygen atoms in total. The van der Waals surface area contributed by atoms with E-state index in [-0.39, 0.29) is 0 Å². The van der Waals surface area contributed by atoms with Gasteiger partial charge in [0.25, 0.3) is 0 Å². The van der Waals surface area contributed by atoms with Crippen molar-refractivity contribution in [3.8, 4) is 0 Å². The van der Waals surface area contributed by atoms with Gasteiger partial charge in [0, 0.05) is 6.61 Å². The van der Waals surface area contributed by atoms with Crippen LogP contribution in [0.15, 0.2) is 42.5 Å². The van der Waals surface area contributed by atoms with E-state index in [1.165, 1.54) is 5.56 Å². The highest BCUT2D eigenvalue weighted by molar-refractivity contribution is 5.14. The molecule has 1 aromatic carbocycles. The van der Waals surface area contributed by atoms with E-state index >= 15 is 0 Å². The molecule has 0 atom stereocenters. The van der Waals surface area contributed by atoms with Crippen LogP contribution < -0.4 is 0 Å². The fourth-order valence-electron chi connectivity index (χ4n) is 1.41. The summed E-state index contributed by atoms with van der Waals surface area (Å²) in [7, 11) is 0. The highest BCUT2D eigenvalue weighted by Crippen LogP contribution is 2.02. The third kappa shape index (κ3) is 6.08. The first-order valence-electron chi connectivity index (χ1n) is 5.70. The van der Waals surface area contributed by atoms with Gasteiger partial charge >= 0.3 is 0 Å². The number of benzene rings is 1. The quantitative estimate of drug-likeness (QED) is 0.487. The SMILES string of the molecule is CC/C=C/COCCCc1ccccc1. The van der Waals surface area contributed by atoms with Crippen LogP contribution in [-0.4, -0.2) is 13.2 Å². The maximum atomic E-state index is 5.47. The van der Waals surface area contributed by atoms with E-state index < -0.39 is 0 Å². The smallest absolute Gasteiger partial charge is 0.0647 e. The molecular formula is C14H20O. The van der Waals surface area contributed by atoms with Crippen molar-refractivity contribution in [2.75, 3.05) is 13.2 Å². The van der Waals surface area contributed by atoms with Crippen molar-refractivity contribution < 1.29 is 4.74 Å². The van der Waals surface area contributed by atoms with Gasteiger partial charge in [-0.3, -0.25) is 0 Å². The highest BCUT2D eigenvalue weighted by Gasteiger charge is 1.91. The summed E-state index contributed by atoms with van der Waals surface area (Å²) in [5, 5.41) is 0. The molecule has 0 fully saturated rings. The Kier molecular flexibility index (Phi) is 6.59. The Labute approximate surface area is 92.8 Å². The van der Waals surface area contributed by atoms with Gasteiger partial charge in [0.1, 0.15) is 0 Å². The van der Waals surface area contributed by atoms with Gasteiger partial charge in [-0.1, -0.05) is 49.4 Å². The van der Waals surface area contributed by atoms with Crippen molar-refractivity contribution in [2.24, 2.45) is 0 Å². The molecule has 1 rings (SSSR count). The first kappa shape index (κ1) is 12.0. The molecule has 1 heteroatoms. The zero-order valence-electron chi connectivity index (χ0n) is 9.49. The maximum Gasteiger partial charge on any atom is 0.0647 e. The van der Waals surface area contributed by atoms with Crippen LogP contribution in [0.2, 0.25) is 0 Å².